The first kappa shape index (κ1) is 17.7. The molecule has 134 valence electrons. The standard InChI is InChI=1S/C18H17N3O4S/c1-10(22)19-18-21-13-6-5-12(9-16(13)26-18)20-17(23)11-4-7-14(24-2)15(8-11)25-3/h4-9H,1-3H3,(H,20,23)(H,19,21,22). The predicted molar refractivity (Wildman–Crippen MR) is 101 cm³/mol. The number of nitrogens with one attached hydrogen (secondary N) is 2. The Labute approximate surface area is 154 Å². The number of amides is 2. The molecule has 0 radical (unpaired) electrons. The maximum atomic E-state index is 12.5. The van der Waals surface area contributed by atoms with Gasteiger partial charge in [-0.15, -0.1) is 0 Å². The van der Waals surface area contributed by atoms with Crippen LogP contribution in [-0.2, 0) is 4.79 Å². The Morgan fingerprint density at radius 3 is 2.46 bits per heavy atom. The zero-order valence-electron chi connectivity index (χ0n) is 14.5. The number of hydrogen-bond acceptors (Lipinski definition) is 6. The van der Waals surface area contributed by atoms with Crippen LogP contribution < -0.4 is 20.1 Å². The zero-order chi connectivity index (χ0) is 18.7. The van der Waals surface area contributed by atoms with Crippen molar-refractivity contribution >= 4 is 44.2 Å². The summed E-state index contributed by atoms with van der Waals surface area (Å²) in [5.74, 6) is 0.599. The number of aromatic nitrogens is 1. The number of hydrogen-bond donors (Lipinski definition) is 2. The van der Waals surface area contributed by atoms with Gasteiger partial charge in [0.1, 0.15) is 0 Å². The minimum atomic E-state index is -0.267. The van der Waals surface area contributed by atoms with E-state index in [1.807, 2.05) is 6.07 Å². The van der Waals surface area contributed by atoms with Crippen LogP contribution in [0.3, 0.4) is 0 Å². The van der Waals surface area contributed by atoms with E-state index in [9.17, 15) is 9.59 Å². The van der Waals surface area contributed by atoms with E-state index in [4.69, 9.17) is 9.47 Å². The van der Waals surface area contributed by atoms with Gasteiger partial charge < -0.3 is 20.1 Å². The van der Waals surface area contributed by atoms with E-state index in [2.05, 4.69) is 15.6 Å². The molecular formula is C18H17N3O4S. The molecule has 2 N–H and O–H groups in total. The molecule has 3 rings (SSSR count). The van der Waals surface area contributed by atoms with Crippen LogP contribution >= 0.6 is 11.3 Å². The first-order valence-corrected chi connectivity index (χ1v) is 8.53. The van der Waals surface area contributed by atoms with Crippen LogP contribution in [0, 0.1) is 0 Å². The lowest BCUT2D eigenvalue weighted by molar-refractivity contribution is -0.114. The zero-order valence-corrected chi connectivity index (χ0v) is 15.3. The van der Waals surface area contributed by atoms with E-state index >= 15 is 0 Å². The van der Waals surface area contributed by atoms with Crippen molar-refractivity contribution in [1.82, 2.24) is 4.98 Å². The number of methoxy groups -OCH3 is 2. The van der Waals surface area contributed by atoms with Crippen molar-refractivity contribution in [3.63, 3.8) is 0 Å². The van der Waals surface area contributed by atoms with E-state index < -0.39 is 0 Å². The Kier molecular flexibility index (Phi) is 5.04. The average Bonchev–Trinajstić information content (AvgIpc) is 3.01. The number of carbonyl (C=O) groups excluding carboxylic acids is 2. The summed E-state index contributed by atoms with van der Waals surface area (Å²) in [6.07, 6.45) is 0. The molecule has 2 aromatic carbocycles. The minimum absolute atomic E-state index is 0.175. The van der Waals surface area contributed by atoms with Gasteiger partial charge in [0, 0.05) is 18.2 Å². The Morgan fingerprint density at radius 2 is 1.77 bits per heavy atom. The highest BCUT2D eigenvalue weighted by molar-refractivity contribution is 7.22. The number of thiazole rings is 1. The van der Waals surface area contributed by atoms with Crippen molar-refractivity contribution in [3.05, 3.63) is 42.0 Å². The SMILES string of the molecule is COc1ccc(C(=O)Nc2ccc3nc(NC(C)=O)sc3c2)cc1OC. The monoisotopic (exact) mass is 371 g/mol. The summed E-state index contributed by atoms with van der Waals surface area (Å²) < 4.78 is 11.3. The number of rotatable bonds is 5. The average molecular weight is 371 g/mol. The van der Waals surface area contributed by atoms with Gasteiger partial charge in [-0.25, -0.2) is 4.98 Å². The summed E-state index contributed by atoms with van der Waals surface area (Å²) >= 11 is 1.34. The molecule has 0 aliphatic heterocycles. The molecular weight excluding hydrogens is 354 g/mol. The number of ether oxygens (including phenoxy) is 2. The molecule has 3 aromatic rings. The molecule has 0 unspecified atom stereocenters. The fourth-order valence-electron chi connectivity index (χ4n) is 2.39. The normalized spacial score (nSPS) is 10.4. The molecule has 26 heavy (non-hydrogen) atoms. The van der Waals surface area contributed by atoms with E-state index in [0.29, 0.717) is 27.9 Å². The van der Waals surface area contributed by atoms with Crippen molar-refractivity contribution in [2.24, 2.45) is 0 Å². The van der Waals surface area contributed by atoms with Crippen LogP contribution in [0.15, 0.2) is 36.4 Å². The third-order valence-electron chi connectivity index (χ3n) is 3.57. The molecule has 0 bridgehead atoms. The highest BCUT2D eigenvalue weighted by Gasteiger charge is 2.12. The summed E-state index contributed by atoms with van der Waals surface area (Å²) in [4.78, 5) is 27.9. The summed E-state index contributed by atoms with van der Waals surface area (Å²) in [5, 5.41) is 6.03. The fraction of sp³-hybridized carbons (Fsp3) is 0.167. The lowest BCUT2D eigenvalue weighted by Gasteiger charge is -2.10. The first-order chi connectivity index (χ1) is 12.5. The fourth-order valence-corrected chi connectivity index (χ4v) is 3.34. The van der Waals surface area contributed by atoms with Gasteiger partial charge in [0.15, 0.2) is 16.6 Å². The van der Waals surface area contributed by atoms with Crippen LogP contribution in [-0.4, -0.2) is 31.0 Å². The molecule has 1 heterocycles. The summed E-state index contributed by atoms with van der Waals surface area (Å²) in [5.41, 5.74) is 1.84. The van der Waals surface area contributed by atoms with Crippen LogP contribution in [0.5, 0.6) is 11.5 Å². The van der Waals surface area contributed by atoms with Crippen molar-refractivity contribution in [1.29, 1.82) is 0 Å². The molecule has 2 amide bonds. The molecule has 7 nitrogen and oxygen atoms in total. The van der Waals surface area contributed by atoms with Crippen LogP contribution in [0.1, 0.15) is 17.3 Å². The van der Waals surface area contributed by atoms with Gasteiger partial charge in [-0.3, -0.25) is 9.59 Å². The topological polar surface area (TPSA) is 89.5 Å². The van der Waals surface area contributed by atoms with Gasteiger partial charge in [-0.1, -0.05) is 11.3 Å². The predicted octanol–water partition coefficient (Wildman–Crippen LogP) is 3.52. The van der Waals surface area contributed by atoms with Gasteiger partial charge in [0.2, 0.25) is 5.91 Å². The van der Waals surface area contributed by atoms with Crippen LogP contribution in [0.4, 0.5) is 10.8 Å². The van der Waals surface area contributed by atoms with E-state index in [-0.39, 0.29) is 11.8 Å². The Bertz CT molecular complexity index is 984. The smallest absolute Gasteiger partial charge is 0.255 e. The quantitative estimate of drug-likeness (QED) is 0.716. The molecule has 0 saturated heterocycles. The third kappa shape index (κ3) is 3.75. The molecule has 0 saturated carbocycles. The summed E-state index contributed by atoms with van der Waals surface area (Å²) in [6, 6.07) is 10.3. The highest BCUT2D eigenvalue weighted by atomic mass is 32.1. The number of anilines is 2. The lowest BCUT2D eigenvalue weighted by Crippen LogP contribution is -2.12. The maximum absolute atomic E-state index is 12.5. The maximum Gasteiger partial charge on any atom is 0.255 e. The van der Waals surface area contributed by atoms with Crippen molar-refractivity contribution in [3.8, 4) is 11.5 Å². The number of carbonyl (C=O) groups is 2. The minimum Gasteiger partial charge on any atom is -0.493 e. The Hall–Kier alpha value is -3.13. The number of fused-ring (bicyclic) bond motifs is 1. The second-order valence-electron chi connectivity index (χ2n) is 5.41. The van der Waals surface area contributed by atoms with Crippen molar-refractivity contribution < 1.29 is 19.1 Å². The van der Waals surface area contributed by atoms with Crippen molar-refractivity contribution in [2.45, 2.75) is 6.92 Å². The van der Waals surface area contributed by atoms with E-state index in [0.717, 1.165) is 10.2 Å². The van der Waals surface area contributed by atoms with E-state index in [1.165, 1.54) is 32.5 Å². The van der Waals surface area contributed by atoms with Gasteiger partial charge in [0.25, 0.3) is 5.91 Å². The van der Waals surface area contributed by atoms with Gasteiger partial charge in [-0.2, -0.15) is 0 Å². The molecule has 0 aliphatic carbocycles. The molecule has 1 aromatic heterocycles. The van der Waals surface area contributed by atoms with Gasteiger partial charge in [-0.05, 0) is 36.4 Å². The third-order valence-corrected chi connectivity index (χ3v) is 4.51. The largest absolute Gasteiger partial charge is 0.493 e. The molecule has 0 aliphatic rings. The second-order valence-corrected chi connectivity index (χ2v) is 6.44. The van der Waals surface area contributed by atoms with E-state index in [1.54, 1.807) is 30.3 Å². The molecule has 0 atom stereocenters. The number of benzene rings is 2. The van der Waals surface area contributed by atoms with Gasteiger partial charge in [0.05, 0.1) is 24.4 Å². The molecule has 0 fully saturated rings. The van der Waals surface area contributed by atoms with Crippen LogP contribution in [0.2, 0.25) is 0 Å². The Morgan fingerprint density at radius 1 is 1.00 bits per heavy atom. The van der Waals surface area contributed by atoms with Gasteiger partial charge >= 0.3 is 0 Å². The summed E-state index contributed by atoms with van der Waals surface area (Å²) in [7, 11) is 3.06. The first-order valence-electron chi connectivity index (χ1n) is 7.71. The Balaban J connectivity index is 1.81. The van der Waals surface area contributed by atoms with Crippen molar-refractivity contribution in [2.75, 3.05) is 24.9 Å². The lowest BCUT2D eigenvalue weighted by atomic mass is 10.2. The molecule has 8 heteroatoms. The second kappa shape index (κ2) is 7.40. The summed E-state index contributed by atoms with van der Waals surface area (Å²) in [6.45, 7) is 1.43. The number of nitrogens with zero attached hydrogens (tertiary/aromatic N) is 1. The van der Waals surface area contributed by atoms with Crippen LogP contribution in [0.25, 0.3) is 10.2 Å². The molecule has 0 spiro atoms. The highest BCUT2D eigenvalue weighted by Crippen LogP contribution is 2.30.